The molecule has 1 aromatic carbocycles. The molecule has 46 heavy (non-hydrogen) atoms. The van der Waals surface area contributed by atoms with Crippen LogP contribution in [-0.2, 0) is 47.7 Å². The molecule has 0 N–H and O–H groups in total. The molecule has 1 aromatic heterocycles. The molecule has 0 amide bonds. The molecule has 14 heteroatoms. The number of rotatable bonds is 9. The summed E-state index contributed by atoms with van der Waals surface area (Å²) < 4.78 is 34.1. The van der Waals surface area contributed by atoms with Crippen molar-refractivity contribution in [3.63, 3.8) is 0 Å². The Kier molecular flexibility index (Phi) is 10.7. The van der Waals surface area contributed by atoms with E-state index in [4.69, 9.17) is 40.7 Å². The number of benzene rings is 1. The highest BCUT2D eigenvalue weighted by molar-refractivity contribution is 7.84. The molecule has 2 aliphatic rings. The molecular weight excluding hydrogens is 620 g/mol. The number of Topliss-reactive ketones (excluding diaryl/α,β-unsaturated/α-hetero) is 1. The number of hydrogen-bond donors (Lipinski definition) is 1. The summed E-state index contributed by atoms with van der Waals surface area (Å²) in [6.45, 7) is 5.36. The maximum absolute atomic E-state index is 13.6. The highest BCUT2D eigenvalue weighted by Gasteiger charge is 2.56. The minimum Gasteiger partial charge on any atom is -0.468 e. The van der Waals surface area contributed by atoms with E-state index in [0.29, 0.717) is 11.3 Å². The number of carbonyl (C=O) groups excluding carboxylic acids is 5. The first-order valence-electron chi connectivity index (χ1n) is 14.1. The highest BCUT2D eigenvalue weighted by atomic mass is 32.1. The number of thiol groups is 1. The number of furan rings is 1. The van der Waals surface area contributed by atoms with Gasteiger partial charge in [-0.05, 0) is 24.6 Å². The second kappa shape index (κ2) is 14.5. The smallest absolute Gasteiger partial charge is 0.303 e. The summed E-state index contributed by atoms with van der Waals surface area (Å²) in [6, 6.07) is 14.0. The van der Waals surface area contributed by atoms with Crippen molar-refractivity contribution in [1.82, 2.24) is 4.90 Å². The Bertz CT molecular complexity index is 1610. The summed E-state index contributed by atoms with van der Waals surface area (Å²) in [5.74, 6) is -4.22. The second-order valence-electron chi connectivity index (χ2n) is 10.4. The van der Waals surface area contributed by atoms with Gasteiger partial charge >= 0.3 is 23.9 Å². The van der Waals surface area contributed by atoms with Gasteiger partial charge in [-0.15, -0.1) is 12.6 Å². The van der Waals surface area contributed by atoms with E-state index in [1.807, 2.05) is 0 Å². The molecule has 6 atom stereocenters. The first kappa shape index (κ1) is 34.0. The molecule has 0 unspecified atom stereocenters. The van der Waals surface area contributed by atoms with Crippen LogP contribution in [-0.4, -0.2) is 71.8 Å². The Morgan fingerprint density at radius 3 is 1.98 bits per heavy atom. The van der Waals surface area contributed by atoms with Gasteiger partial charge in [0.25, 0.3) is 0 Å². The standard InChI is InChI=1S/C32H32N2O11S/c1-16(35)25-26(23-12-9-13-40-23)22(14-33)32(46)34(27(25)21-10-7-6-8-11-21)31-30(44-20(5)39)29(43-19(4)38)28(42-18(3)37)24(45-31)15-41-17(2)36/h6-13,24,26,28-31,46H,15H2,1-5H3/t24-,26+,28+,29+,30+,31-/m0/s1. The SMILES string of the molecule is CC(=O)OC[C@@H]1O[C@H](N2C(S)=C(C#N)[C@H](c3ccco3)C(C(C)=O)=C2c2ccccc2)[C@H](OC(C)=O)[C@H](OC(C)=O)[C@@H]1OC(C)=O. The topological polar surface area (TPSA) is 172 Å². The zero-order chi connectivity index (χ0) is 33.7. The molecule has 0 bridgehead atoms. The van der Waals surface area contributed by atoms with Crippen LogP contribution in [0, 0.1) is 11.3 Å². The van der Waals surface area contributed by atoms with Gasteiger partial charge in [-0.3, -0.25) is 24.0 Å². The predicted molar refractivity (Wildman–Crippen MR) is 161 cm³/mol. The fourth-order valence-electron chi connectivity index (χ4n) is 5.55. The quantitative estimate of drug-likeness (QED) is 0.238. The van der Waals surface area contributed by atoms with Gasteiger partial charge in [-0.1, -0.05) is 30.3 Å². The van der Waals surface area contributed by atoms with Gasteiger partial charge in [0.2, 0.25) is 0 Å². The molecule has 0 saturated carbocycles. The Labute approximate surface area is 270 Å². The molecule has 1 fully saturated rings. The van der Waals surface area contributed by atoms with Gasteiger partial charge in [-0.25, -0.2) is 0 Å². The van der Waals surface area contributed by atoms with Crippen LogP contribution in [0.1, 0.15) is 51.9 Å². The van der Waals surface area contributed by atoms with E-state index in [1.165, 1.54) is 18.1 Å². The molecule has 2 aliphatic heterocycles. The van der Waals surface area contributed by atoms with E-state index in [1.54, 1.807) is 42.5 Å². The van der Waals surface area contributed by atoms with E-state index >= 15 is 0 Å². The van der Waals surface area contributed by atoms with Crippen molar-refractivity contribution in [1.29, 1.82) is 5.26 Å². The minimum atomic E-state index is -1.53. The monoisotopic (exact) mass is 652 g/mol. The molecule has 3 heterocycles. The van der Waals surface area contributed by atoms with E-state index in [2.05, 4.69) is 6.07 Å². The van der Waals surface area contributed by atoms with Gasteiger partial charge < -0.3 is 33.0 Å². The molecule has 1 saturated heterocycles. The summed E-state index contributed by atoms with van der Waals surface area (Å²) in [6.07, 6.45) is -5.82. The molecule has 0 aliphatic carbocycles. The Hall–Kier alpha value is -4.87. The van der Waals surface area contributed by atoms with Crippen LogP contribution >= 0.6 is 12.6 Å². The Morgan fingerprint density at radius 1 is 0.848 bits per heavy atom. The molecule has 242 valence electrons. The number of ketones is 1. The van der Waals surface area contributed by atoms with Crippen molar-refractivity contribution >= 4 is 48.0 Å². The van der Waals surface area contributed by atoms with Crippen molar-refractivity contribution in [2.24, 2.45) is 0 Å². The van der Waals surface area contributed by atoms with Crippen LogP contribution in [0.25, 0.3) is 5.70 Å². The largest absolute Gasteiger partial charge is 0.468 e. The van der Waals surface area contributed by atoms with Gasteiger partial charge in [0.1, 0.15) is 18.5 Å². The molecule has 0 spiro atoms. The summed E-state index contributed by atoms with van der Waals surface area (Å²) in [4.78, 5) is 64.0. The highest BCUT2D eigenvalue weighted by Crippen LogP contribution is 2.49. The normalized spacial score (nSPS) is 24.5. The maximum atomic E-state index is 13.6. The van der Waals surface area contributed by atoms with Crippen LogP contribution < -0.4 is 0 Å². The number of nitrogens with zero attached hydrogens (tertiary/aromatic N) is 2. The number of allylic oxidation sites excluding steroid dienone is 2. The first-order valence-corrected chi connectivity index (χ1v) is 14.6. The lowest BCUT2D eigenvalue weighted by atomic mass is 9.81. The lowest BCUT2D eigenvalue weighted by molar-refractivity contribution is -0.269. The third kappa shape index (κ3) is 7.16. The number of nitriles is 1. The summed E-state index contributed by atoms with van der Waals surface area (Å²) in [5.41, 5.74) is 0.833. The molecule has 0 radical (unpaired) electrons. The number of esters is 4. The molecule has 4 rings (SSSR count). The second-order valence-corrected chi connectivity index (χ2v) is 10.9. The number of ether oxygens (including phenoxy) is 5. The molecule has 2 aromatic rings. The van der Waals surface area contributed by atoms with Gasteiger partial charge in [0, 0.05) is 33.3 Å². The molecular formula is C32H32N2O11S. The third-order valence-corrected chi connectivity index (χ3v) is 7.59. The van der Waals surface area contributed by atoms with Crippen molar-refractivity contribution in [3.05, 3.63) is 76.2 Å². The van der Waals surface area contributed by atoms with Gasteiger partial charge in [0.15, 0.2) is 30.3 Å². The van der Waals surface area contributed by atoms with Gasteiger partial charge in [-0.2, -0.15) is 5.26 Å². The van der Waals surface area contributed by atoms with Crippen LogP contribution in [0.15, 0.2) is 69.3 Å². The summed E-state index contributed by atoms with van der Waals surface area (Å²) in [5, 5.41) is 10.4. The summed E-state index contributed by atoms with van der Waals surface area (Å²) >= 11 is 4.77. The average Bonchev–Trinajstić information content (AvgIpc) is 3.52. The number of hydrogen-bond acceptors (Lipinski definition) is 14. The lowest BCUT2D eigenvalue weighted by Gasteiger charge is -2.50. The fourth-order valence-corrected chi connectivity index (χ4v) is 5.94. The van der Waals surface area contributed by atoms with Crippen LogP contribution in [0.2, 0.25) is 0 Å². The van der Waals surface area contributed by atoms with E-state index in [-0.39, 0.29) is 21.9 Å². The fraction of sp³-hybridized carbons (Fsp3) is 0.375. The van der Waals surface area contributed by atoms with E-state index < -0.39 is 72.8 Å². The summed E-state index contributed by atoms with van der Waals surface area (Å²) in [7, 11) is 0. The first-order chi connectivity index (χ1) is 21.8. The van der Waals surface area contributed by atoms with Crippen molar-refractivity contribution in [3.8, 4) is 6.07 Å². The number of carbonyl (C=O) groups is 5. The minimum absolute atomic E-state index is 0.00368. The maximum Gasteiger partial charge on any atom is 0.303 e. The zero-order valence-electron chi connectivity index (χ0n) is 25.6. The van der Waals surface area contributed by atoms with Crippen LogP contribution in [0.3, 0.4) is 0 Å². The van der Waals surface area contributed by atoms with Crippen molar-refractivity contribution in [2.75, 3.05) is 6.61 Å². The average molecular weight is 653 g/mol. The van der Waals surface area contributed by atoms with Crippen LogP contribution in [0.5, 0.6) is 0 Å². The van der Waals surface area contributed by atoms with E-state index in [9.17, 15) is 29.2 Å². The Morgan fingerprint density at radius 2 is 1.46 bits per heavy atom. The van der Waals surface area contributed by atoms with E-state index in [0.717, 1.165) is 27.7 Å². The molecule has 13 nitrogen and oxygen atoms in total. The van der Waals surface area contributed by atoms with Crippen molar-refractivity contribution in [2.45, 2.75) is 71.2 Å². The lowest BCUT2D eigenvalue weighted by Crippen LogP contribution is -2.66. The Balaban J connectivity index is 2.05. The van der Waals surface area contributed by atoms with Crippen LogP contribution in [0.4, 0.5) is 0 Å². The predicted octanol–water partition coefficient (Wildman–Crippen LogP) is 3.43. The van der Waals surface area contributed by atoms with Gasteiger partial charge in [0.05, 0.1) is 34.5 Å². The third-order valence-electron chi connectivity index (χ3n) is 7.14. The zero-order valence-corrected chi connectivity index (χ0v) is 26.5. The van der Waals surface area contributed by atoms with Crippen molar-refractivity contribution < 1.29 is 52.1 Å².